The number of methoxy groups -OCH3 is 2. The van der Waals surface area contributed by atoms with Crippen molar-refractivity contribution in [3.8, 4) is 0 Å². The van der Waals surface area contributed by atoms with Crippen LogP contribution in [0.15, 0.2) is 0 Å². The molecule has 4 heteroatoms. The highest BCUT2D eigenvalue weighted by atomic mass is 128. The van der Waals surface area contributed by atoms with Crippen molar-refractivity contribution in [3.63, 3.8) is 0 Å². The second-order valence-electron chi connectivity index (χ2n) is 1.81. The Morgan fingerprint density at radius 3 is 1.22 bits per heavy atom. The van der Waals surface area contributed by atoms with Crippen LogP contribution in [-0.4, -0.2) is 20.0 Å². The Morgan fingerprint density at radius 2 is 1.22 bits per heavy atom. The van der Waals surface area contributed by atoms with Crippen molar-refractivity contribution in [2.24, 2.45) is 0 Å². The van der Waals surface area contributed by atoms with Gasteiger partial charge in [-0.15, -0.1) is 0 Å². The molecule has 0 saturated heterocycles. The molecule has 9 heavy (non-hydrogen) atoms. The van der Waals surface area contributed by atoms with Gasteiger partial charge < -0.3 is 9.47 Å². The third kappa shape index (κ3) is 9.38. The zero-order chi connectivity index (χ0) is 7.91. The Balaban J connectivity index is 0. The third-order valence-electron chi connectivity index (χ3n) is 0.983. The Morgan fingerprint density at radius 1 is 1.00 bits per heavy atom. The van der Waals surface area contributed by atoms with Crippen LogP contribution in [0.2, 0.25) is 0 Å². The van der Waals surface area contributed by atoms with Crippen molar-refractivity contribution in [2.45, 2.75) is 19.6 Å². The SMILES string of the molecule is COC(C)(C)OC.II. The van der Waals surface area contributed by atoms with Gasteiger partial charge in [0.05, 0.1) is 0 Å². The molecule has 0 spiro atoms. The molecule has 0 rings (SSSR count). The molecule has 0 bridgehead atoms. The van der Waals surface area contributed by atoms with Crippen LogP contribution in [0.5, 0.6) is 0 Å². The number of rotatable bonds is 2. The van der Waals surface area contributed by atoms with Crippen LogP contribution in [0, 0.1) is 0 Å². The van der Waals surface area contributed by atoms with Crippen molar-refractivity contribution >= 4 is 37.2 Å². The quantitative estimate of drug-likeness (QED) is 0.559. The molecule has 0 aliphatic carbocycles. The molecule has 0 atom stereocenters. The molecule has 58 valence electrons. The summed E-state index contributed by atoms with van der Waals surface area (Å²) in [6.07, 6.45) is 0. The first-order valence-corrected chi connectivity index (χ1v) is 8.65. The lowest BCUT2D eigenvalue weighted by Gasteiger charge is -2.19. The van der Waals surface area contributed by atoms with Crippen molar-refractivity contribution < 1.29 is 9.47 Å². The van der Waals surface area contributed by atoms with E-state index >= 15 is 0 Å². The number of halogens is 2. The highest BCUT2D eigenvalue weighted by molar-refractivity contribution is 15.0. The van der Waals surface area contributed by atoms with Crippen LogP contribution in [-0.2, 0) is 9.47 Å². The Bertz CT molecular complexity index is 50.9. The molecule has 0 aromatic heterocycles. The molecule has 0 aromatic carbocycles. The Hall–Kier alpha value is 1.38. The Kier molecular flexibility index (Phi) is 10.8. The molecular weight excluding hydrogens is 346 g/mol. The summed E-state index contributed by atoms with van der Waals surface area (Å²) >= 11 is 4.24. The van der Waals surface area contributed by atoms with Crippen LogP contribution in [0.3, 0.4) is 0 Å². The molecule has 0 amide bonds. The summed E-state index contributed by atoms with van der Waals surface area (Å²) in [6, 6.07) is 0. The molecular formula is C5H12I2O2. The van der Waals surface area contributed by atoms with E-state index in [9.17, 15) is 0 Å². The smallest absolute Gasteiger partial charge is 0.161 e. The molecule has 0 saturated carbocycles. The van der Waals surface area contributed by atoms with Gasteiger partial charge >= 0.3 is 0 Å². The summed E-state index contributed by atoms with van der Waals surface area (Å²) in [5, 5.41) is 0. The van der Waals surface area contributed by atoms with Crippen LogP contribution in [0.4, 0.5) is 0 Å². The molecule has 0 N–H and O–H groups in total. The first-order valence-electron chi connectivity index (χ1n) is 2.37. The van der Waals surface area contributed by atoms with E-state index in [0.29, 0.717) is 0 Å². The maximum absolute atomic E-state index is 4.86. The van der Waals surface area contributed by atoms with Gasteiger partial charge in [0.2, 0.25) is 0 Å². The van der Waals surface area contributed by atoms with E-state index in [0.717, 1.165) is 0 Å². The topological polar surface area (TPSA) is 18.5 Å². The van der Waals surface area contributed by atoms with Gasteiger partial charge in [-0.05, 0) is 13.8 Å². The van der Waals surface area contributed by atoms with Crippen molar-refractivity contribution in [1.29, 1.82) is 0 Å². The van der Waals surface area contributed by atoms with Gasteiger partial charge in [0.1, 0.15) is 0 Å². The monoisotopic (exact) mass is 358 g/mol. The molecule has 0 aliphatic heterocycles. The van der Waals surface area contributed by atoms with E-state index in [-0.39, 0.29) is 0 Å². The van der Waals surface area contributed by atoms with Gasteiger partial charge in [-0.1, -0.05) is 0 Å². The zero-order valence-electron chi connectivity index (χ0n) is 6.07. The van der Waals surface area contributed by atoms with E-state index in [1.54, 1.807) is 14.2 Å². The fraction of sp³-hybridized carbons (Fsp3) is 1.00. The predicted octanol–water partition coefficient (Wildman–Crippen LogP) is 2.79. The van der Waals surface area contributed by atoms with Gasteiger partial charge in [0, 0.05) is 51.5 Å². The fourth-order valence-electron chi connectivity index (χ4n) is 0.0833. The molecule has 2 nitrogen and oxygen atoms in total. The summed E-state index contributed by atoms with van der Waals surface area (Å²) in [7, 11) is 3.23. The Labute approximate surface area is 80.0 Å². The average molecular weight is 358 g/mol. The van der Waals surface area contributed by atoms with Gasteiger partial charge in [-0.3, -0.25) is 0 Å². The summed E-state index contributed by atoms with van der Waals surface area (Å²) < 4.78 is 9.73. The van der Waals surface area contributed by atoms with Crippen LogP contribution < -0.4 is 0 Å². The largest absolute Gasteiger partial charge is 0.354 e. The van der Waals surface area contributed by atoms with Crippen LogP contribution >= 0.6 is 37.2 Å². The minimum Gasteiger partial charge on any atom is -0.354 e. The standard InChI is InChI=1S/C5H12O2.I2/c1-5(2,6-3)7-4;1-2/h1-4H3;. The van der Waals surface area contributed by atoms with E-state index in [4.69, 9.17) is 9.47 Å². The molecule has 0 unspecified atom stereocenters. The van der Waals surface area contributed by atoms with Crippen LogP contribution in [0.25, 0.3) is 0 Å². The zero-order valence-corrected chi connectivity index (χ0v) is 10.4. The first kappa shape index (κ1) is 13.0. The van der Waals surface area contributed by atoms with Crippen LogP contribution in [0.1, 0.15) is 13.8 Å². The van der Waals surface area contributed by atoms with Gasteiger partial charge in [0.25, 0.3) is 0 Å². The third-order valence-corrected chi connectivity index (χ3v) is 0.983. The summed E-state index contributed by atoms with van der Waals surface area (Å²) in [5.41, 5.74) is 0. The first-order chi connectivity index (χ1) is 4.12. The summed E-state index contributed by atoms with van der Waals surface area (Å²) in [5.74, 6) is -0.417. The number of ether oxygens (including phenoxy) is 2. The lowest BCUT2D eigenvalue weighted by atomic mass is 10.4. The van der Waals surface area contributed by atoms with E-state index < -0.39 is 5.79 Å². The lowest BCUT2D eigenvalue weighted by molar-refractivity contribution is -0.178. The predicted molar refractivity (Wildman–Crippen MR) is 56.1 cm³/mol. The van der Waals surface area contributed by atoms with Gasteiger partial charge in [-0.2, -0.15) is 0 Å². The van der Waals surface area contributed by atoms with E-state index in [2.05, 4.69) is 37.2 Å². The summed E-state index contributed by atoms with van der Waals surface area (Å²) in [4.78, 5) is 0. The van der Waals surface area contributed by atoms with Crippen molar-refractivity contribution in [3.05, 3.63) is 0 Å². The summed E-state index contributed by atoms with van der Waals surface area (Å²) in [6.45, 7) is 3.71. The number of hydrogen-bond donors (Lipinski definition) is 0. The molecule has 0 heterocycles. The van der Waals surface area contributed by atoms with E-state index in [1.807, 2.05) is 13.8 Å². The highest BCUT2D eigenvalue weighted by Gasteiger charge is 2.11. The second kappa shape index (κ2) is 7.49. The van der Waals surface area contributed by atoms with Gasteiger partial charge in [-0.25, -0.2) is 0 Å². The van der Waals surface area contributed by atoms with Gasteiger partial charge in [0.15, 0.2) is 5.79 Å². The van der Waals surface area contributed by atoms with Crippen molar-refractivity contribution in [2.75, 3.05) is 14.2 Å². The minimum absolute atomic E-state index is 0.417. The maximum atomic E-state index is 4.86. The molecule has 0 aromatic rings. The molecule has 0 radical (unpaired) electrons. The maximum Gasteiger partial charge on any atom is 0.161 e. The number of hydrogen-bond acceptors (Lipinski definition) is 2. The normalized spacial score (nSPS) is 10.0. The highest BCUT2D eigenvalue weighted by Crippen LogP contribution is 2.05. The average Bonchev–Trinajstić information content (AvgIpc) is 1.93. The fourth-order valence-corrected chi connectivity index (χ4v) is 0.0833. The van der Waals surface area contributed by atoms with E-state index in [1.165, 1.54) is 0 Å². The minimum atomic E-state index is -0.417. The lowest BCUT2D eigenvalue weighted by Crippen LogP contribution is -2.24. The molecule has 0 aliphatic rings. The second-order valence-corrected chi connectivity index (χ2v) is 1.81. The molecule has 0 fully saturated rings. The van der Waals surface area contributed by atoms with Crippen molar-refractivity contribution in [1.82, 2.24) is 0 Å².